The largest absolute Gasteiger partial charge is 0.350 e. The molecule has 1 aliphatic heterocycles. The van der Waals surface area contributed by atoms with Gasteiger partial charge in [0.25, 0.3) is 0 Å². The monoisotopic (exact) mass is 427 g/mol. The van der Waals surface area contributed by atoms with Crippen molar-refractivity contribution in [3.05, 3.63) is 29.0 Å². The lowest BCUT2D eigenvalue weighted by Gasteiger charge is -2.33. The molecule has 0 unspecified atom stereocenters. The van der Waals surface area contributed by atoms with E-state index < -0.39 is 21.4 Å². The highest BCUT2D eigenvalue weighted by molar-refractivity contribution is 7.89. The molecule has 0 atom stereocenters. The second kappa shape index (κ2) is 8.84. The van der Waals surface area contributed by atoms with Crippen LogP contribution in [0.15, 0.2) is 23.1 Å². The molecule has 1 aromatic rings. The number of carbonyl (C=O) groups excluding carboxylic acids is 1. The maximum atomic E-state index is 13.2. The van der Waals surface area contributed by atoms with Gasteiger partial charge in [-0.25, -0.2) is 12.8 Å². The fourth-order valence-electron chi connectivity index (χ4n) is 2.63. The predicted molar refractivity (Wildman–Crippen MR) is 101 cm³/mol. The third kappa shape index (κ3) is 5.29. The number of piperidine rings is 1. The number of sulfonamides is 1. The summed E-state index contributed by atoms with van der Waals surface area (Å²) in [7, 11) is -3.76. The molecule has 0 radical (unpaired) electrons. The molecule has 0 aromatic heterocycles. The van der Waals surface area contributed by atoms with Gasteiger partial charge in [-0.05, 0) is 44.9 Å². The molecule has 0 saturated carbocycles. The second-order valence-corrected chi connectivity index (χ2v) is 9.18. The number of benzene rings is 1. The highest BCUT2D eigenvalue weighted by Crippen LogP contribution is 2.26. The van der Waals surface area contributed by atoms with Gasteiger partial charge in [0.2, 0.25) is 15.9 Å². The minimum absolute atomic E-state index is 0. The van der Waals surface area contributed by atoms with Crippen molar-refractivity contribution in [2.24, 2.45) is 11.7 Å². The standard InChI is InChI=1S/C16H23ClFN3O3S.ClH/c1-16(2,10-19)20-15(22)11-5-7-21(8-6-11)25(23,24)12-3-4-14(18)13(17)9-12;/h3-4,9,11H,5-8,10,19H2,1-2H3,(H,20,22);1H. The molecular weight excluding hydrogens is 404 g/mol. The molecule has 3 N–H and O–H groups in total. The van der Waals surface area contributed by atoms with Crippen molar-refractivity contribution in [3.63, 3.8) is 0 Å². The number of hydrogen-bond acceptors (Lipinski definition) is 4. The van der Waals surface area contributed by atoms with Crippen LogP contribution in [0.25, 0.3) is 0 Å². The zero-order valence-corrected chi connectivity index (χ0v) is 17.1. The number of rotatable bonds is 5. The van der Waals surface area contributed by atoms with E-state index in [1.54, 1.807) is 0 Å². The summed E-state index contributed by atoms with van der Waals surface area (Å²) < 4.78 is 39.8. The Bertz CT molecular complexity index is 751. The maximum Gasteiger partial charge on any atom is 0.243 e. The van der Waals surface area contributed by atoms with Crippen LogP contribution in [0.2, 0.25) is 5.02 Å². The Kier molecular flexibility index (Phi) is 7.86. The van der Waals surface area contributed by atoms with Crippen molar-refractivity contribution in [2.45, 2.75) is 37.1 Å². The fraction of sp³-hybridized carbons (Fsp3) is 0.562. The number of carbonyl (C=O) groups is 1. The number of amides is 1. The van der Waals surface area contributed by atoms with E-state index in [2.05, 4.69) is 5.32 Å². The van der Waals surface area contributed by atoms with Gasteiger partial charge < -0.3 is 11.1 Å². The van der Waals surface area contributed by atoms with Gasteiger partial charge in [-0.1, -0.05) is 11.6 Å². The first-order valence-corrected chi connectivity index (χ1v) is 9.86. The van der Waals surface area contributed by atoms with Crippen LogP contribution in [-0.2, 0) is 14.8 Å². The van der Waals surface area contributed by atoms with E-state index in [9.17, 15) is 17.6 Å². The highest BCUT2D eigenvalue weighted by atomic mass is 35.5. The quantitative estimate of drug-likeness (QED) is 0.752. The van der Waals surface area contributed by atoms with E-state index in [4.69, 9.17) is 17.3 Å². The molecule has 6 nitrogen and oxygen atoms in total. The lowest BCUT2D eigenvalue weighted by Crippen LogP contribution is -2.52. The Labute approximate surface area is 164 Å². The first kappa shape index (κ1) is 23.1. The van der Waals surface area contributed by atoms with Crippen LogP contribution in [0.5, 0.6) is 0 Å². The van der Waals surface area contributed by atoms with Gasteiger partial charge in [-0.3, -0.25) is 4.79 Å². The zero-order chi connectivity index (χ0) is 18.8. The van der Waals surface area contributed by atoms with Crippen LogP contribution in [0.3, 0.4) is 0 Å². The number of nitrogens with two attached hydrogens (primary N) is 1. The lowest BCUT2D eigenvalue weighted by atomic mass is 9.95. The van der Waals surface area contributed by atoms with Crippen LogP contribution in [0.1, 0.15) is 26.7 Å². The summed E-state index contributed by atoms with van der Waals surface area (Å²) in [5, 5.41) is 2.65. The Hall–Kier alpha value is -0.930. The molecule has 0 spiro atoms. The fourth-order valence-corrected chi connectivity index (χ4v) is 4.37. The van der Waals surface area contributed by atoms with Crippen LogP contribution in [-0.4, -0.2) is 43.8 Å². The summed E-state index contributed by atoms with van der Waals surface area (Å²) in [5.41, 5.74) is 5.12. The van der Waals surface area contributed by atoms with Crippen LogP contribution in [0.4, 0.5) is 4.39 Å². The summed E-state index contributed by atoms with van der Waals surface area (Å²) >= 11 is 5.68. The van der Waals surface area contributed by atoms with Crippen molar-refractivity contribution < 1.29 is 17.6 Å². The van der Waals surface area contributed by atoms with Crippen molar-refractivity contribution in [3.8, 4) is 0 Å². The molecule has 1 fully saturated rings. The molecule has 1 aliphatic rings. The van der Waals surface area contributed by atoms with Crippen molar-refractivity contribution in [1.82, 2.24) is 9.62 Å². The summed E-state index contributed by atoms with van der Waals surface area (Å²) in [4.78, 5) is 12.2. The molecule has 26 heavy (non-hydrogen) atoms. The zero-order valence-electron chi connectivity index (χ0n) is 14.7. The average Bonchev–Trinajstić information content (AvgIpc) is 2.57. The number of hydrogen-bond donors (Lipinski definition) is 2. The van der Waals surface area contributed by atoms with E-state index >= 15 is 0 Å². The summed E-state index contributed by atoms with van der Waals surface area (Å²) in [5.74, 6) is -1.04. The third-order valence-electron chi connectivity index (χ3n) is 4.33. The second-order valence-electron chi connectivity index (χ2n) is 6.83. The number of halogens is 3. The van der Waals surface area contributed by atoms with Gasteiger partial charge in [0.15, 0.2) is 0 Å². The molecule has 0 bridgehead atoms. The predicted octanol–water partition coefficient (Wildman–Crippen LogP) is 2.16. The van der Waals surface area contributed by atoms with E-state index in [-0.39, 0.29) is 47.2 Å². The van der Waals surface area contributed by atoms with Gasteiger partial charge in [0, 0.05) is 31.1 Å². The van der Waals surface area contributed by atoms with Gasteiger partial charge >= 0.3 is 0 Å². The minimum atomic E-state index is -3.76. The molecule has 0 aliphatic carbocycles. The van der Waals surface area contributed by atoms with Crippen LogP contribution < -0.4 is 11.1 Å². The normalized spacial score (nSPS) is 16.8. The molecule has 1 heterocycles. The molecule has 1 aromatic carbocycles. The smallest absolute Gasteiger partial charge is 0.243 e. The average molecular weight is 428 g/mol. The van der Waals surface area contributed by atoms with Crippen molar-refractivity contribution in [1.29, 1.82) is 0 Å². The van der Waals surface area contributed by atoms with E-state index in [1.165, 1.54) is 10.4 Å². The van der Waals surface area contributed by atoms with Crippen molar-refractivity contribution in [2.75, 3.05) is 19.6 Å². The SMILES string of the molecule is CC(C)(CN)NC(=O)C1CCN(S(=O)(=O)c2ccc(F)c(Cl)c2)CC1.Cl. The Balaban J connectivity index is 0.00000338. The molecule has 148 valence electrons. The molecular formula is C16H24Cl2FN3O3S. The van der Waals surface area contributed by atoms with Crippen LogP contribution >= 0.6 is 24.0 Å². The first-order chi connectivity index (χ1) is 11.6. The van der Waals surface area contributed by atoms with Crippen molar-refractivity contribution >= 4 is 39.9 Å². The lowest BCUT2D eigenvalue weighted by molar-refractivity contribution is -0.127. The Morgan fingerprint density at radius 1 is 1.38 bits per heavy atom. The maximum absolute atomic E-state index is 13.2. The highest BCUT2D eigenvalue weighted by Gasteiger charge is 2.33. The molecule has 10 heteroatoms. The Morgan fingerprint density at radius 3 is 2.46 bits per heavy atom. The molecule has 1 saturated heterocycles. The van der Waals surface area contributed by atoms with Gasteiger partial charge in [0.05, 0.1) is 9.92 Å². The summed E-state index contributed by atoms with van der Waals surface area (Å²) in [6.07, 6.45) is 0.835. The van der Waals surface area contributed by atoms with Gasteiger partial charge in [-0.2, -0.15) is 4.31 Å². The van der Waals surface area contributed by atoms with Gasteiger partial charge in [0.1, 0.15) is 5.82 Å². The summed E-state index contributed by atoms with van der Waals surface area (Å²) in [6, 6.07) is 3.33. The Morgan fingerprint density at radius 2 is 1.96 bits per heavy atom. The topological polar surface area (TPSA) is 92.5 Å². The minimum Gasteiger partial charge on any atom is -0.350 e. The van der Waals surface area contributed by atoms with E-state index in [0.29, 0.717) is 19.4 Å². The number of nitrogens with zero attached hydrogens (tertiary/aromatic N) is 1. The van der Waals surface area contributed by atoms with E-state index in [1.807, 2.05) is 13.8 Å². The van der Waals surface area contributed by atoms with E-state index in [0.717, 1.165) is 12.1 Å². The molecule has 1 amide bonds. The third-order valence-corrected chi connectivity index (χ3v) is 6.51. The van der Waals surface area contributed by atoms with Crippen LogP contribution in [0, 0.1) is 11.7 Å². The van der Waals surface area contributed by atoms with Gasteiger partial charge in [-0.15, -0.1) is 12.4 Å². The molecule has 2 rings (SSSR count). The summed E-state index contributed by atoms with van der Waals surface area (Å²) in [6.45, 7) is 4.43. The first-order valence-electron chi connectivity index (χ1n) is 8.04. The number of nitrogens with one attached hydrogen (secondary N) is 1.